The number of nitrogens with one attached hydrogen (secondary N) is 3. The second-order valence-corrected chi connectivity index (χ2v) is 10.7. The quantitative estimate of drug-likeness (QED) is 0.368. The van der Waals surface area contributed by atoms with Crippen molar-refractivity contribution >= 4 is 40.3 Å². The van der Waals surface area contributed by atoms with Crippen molar-refractivity contribution < 1.29 is 24.2 Å². The third-order valence-corrected chi connectivity index (χ3v) is 8.45. The van der Waals surface area contributed by atoms with Gasteiger partial charge in [-0.15, -0.1) is 0 Å². The van der Waals surface area contributed by atoms with Gasteiger partial charge < -0.3 is 25.8 Å². The number of ether oxygens (including phenoxy) is 1. The first-order chi connectivity index (χ1) is 18.3. The molecule has 3 saturated carbocycles. The molecule has 0 radical (unpaired) electrons. The van der Waals surface area contributed by atoms with Gasteiger partial charge in [0, 0.05) is 20.1 Å². The minimum atomic E-state index is -0.689. The van der Waals surface area contributed by atoms with Crippen molar-refractivity contribution in [1.82, 2.24) is 25.1 Å². The third kappa shape index (κ3) is 4.09. The molecule has 0 saturated heterocycles. The zero-order valence-electron chi connectivity index (χ0n) is 21.0. The predicted molar refractivity (Wildman–Crippen MR) is 137 cm³/mol. The number of hydrogen-bond donors (Lipinski definition) is 4. The van der Waals surface area contributed by atoms with E-state index in [-0.39, 0.29) is 29.5 Å². The molecule has 1 aromatic carbocycles. The van der Waals surface area contributed by atoms with Crippen LogP contribution in [0.2, 0.25) is 0 Å². The van der Waals surface area contributed by atoms with E-state index in [1.165, 1.54) is 6.33 Å². The molecule has 1 aliphatic heterocycles. The molecule has 2 amide bonds. The molecule has 4 aliphatic rings. The van der Waals surface area contributed by atoms with Crippen LogP contribution in [-0.4, -0.2) is 55.8 Å². The molecule has 4 N–H and O–H groups in total. The Morgan fingerprint density at radius 3 is 2.66 bits per heavy atom. The van der Waals surface area contributed by atoms with Gasteiger partial charge >= 0.3 is 5.97 Å². The van der Waals surface area contributed by atoms with Crippen LogP contribution >= 0.6 is 0 Å². The lowest BCUT2D eigenvalue weighted by Crippen LogP contribution is -2.50. The summed E-state index contributed by atoms with van der Waals surface area (Å²) < 4.78 is 7.00. The molecule has 3 heterocycles. The standard InChI is InChI=1S/C26H29N7O5/c1-33-21-19(22(32-33)27-11-15-2-3-17-16(10-15)31-18(34)12-38-17)29-14-30-20(21)23(35)28-13-25-4-7-26(8-5-25,9-6-25)24(36)37/h2-3,10,14H,4-9,11-13H2,1H3,(H,27,32)(H,28,35)(H,31,34)(H,36,37). The molecule has 198 valence electrons. The number of carbonyl (C=O) groups excluding carboxylic acids is 2. The number of amides is 2. The lowest BCUT2D eigenvalue weighted by Gasteiger charge is -2.51. The number of benzene rings is 1. The van der Waals surface area contributed by atoms with Gasteiger partial charge in [-0.3, -0.25) is 19.1 Å². The highest BCUT2D eigenvalue weighted by molar-refractivity contribution is 6.05. The van der Waals surface area contributed by atoms with Crippen molar-refractivity contribution in [3.05, 3.63) is 35.8 Å². The predicted octanol–water partition coefficient (Wildman–Crippen LogP) is 2.46. The zero-order chi connectivity index (χ0) is 26.5. The van der Waals surface area contributed by atoms with Crippen LogP contribution in [0.25, 0.3) is 11.0 Å². The Bertz CT molecular complexity index is 1440. The first kappa shape index (κ1) is 24.1. The third-order valence-electron chi connectivity index (χ3n) is 8.45. The molecule has 0 atom stereocenters. The van der Waals surface area contributed by atoms with Crippen molar-refractivity contribution in [3.63, 3.8) is 0 Å². The van der Waals surface area contributed by atoms with E-state index in [2.05, 4.69) is 31.0 Å². The molecule has 12 nitrogen and oxygen atoms in total. The number of aryl methyl sites for hydroxylation is 1. The van der Waals surface area contributed by atoms with Crippen LogP contribution in [0, 0.1) is 10.8 Å². The van der Waals surface area contributed by atoms with Gasteiger partial charge in [-0.25, -0.2) is 9.97 Å². The van der Waals surface area contributed by atoms with Gasteiger partial charge in [-0.2, -0.15) is 5.10 Å². The van der Waals surface area contributed by atoms with Crippen molar-refractivity contribution in [2.24, 2.45) is 17.9 Å². The SMILES string of the molecule is Cn1nc(NCc2ccc3c(c2)NC(=O)CO3)c2ncnc(C(=O)NCC34CCC(C(=O)O)(CC3)CC4)c21. The number of aliphatic carboxylic acids is 1. The lowest BCUT2D eigenvalue weighted by atomic mass is 9.53. The molecule has 2 aromatic heterocycles. The van der Waals surface area contributed by atoms with Crippen LogP contribution in [0.4, 0.5) is 11.5 Å². The number of rotatable bonds is 7. The highest BCUT2D eigenvalue weighted by atomic mass is 16.5. The van der Waals surface area contributed by atoms with Crippen LogP contribution in [0.5, 0.6) is 5.75 Å². The molecule has 3 fully saturated rings. The molecule has 0 spiro atoms. The van der Waals surface area contributed by atoms with Gasteiger partial charge in [0.2, 0.25) is 0 Å². The molecule has 3 aliphatic carbocycles. The number of nitrogens with zero attached hydrogens (tertiary/aromatic N) is 4. The Hall–Kier alpha value is -4.22. The van der Waals surface area contributed by atoms with Crippen molar-refractivity contribution in [1.29, 1.82) is 0 Å². The van der Waals surface area contributed by atoms with E-state index in [4.69, 9.17) is 4.74 Å². The second-order valence-electron chi connectivity index (χ2n) is 10.7. The van der Waals surface area contributed by atoms with Gasteiger partial charge in [0.05, 0.1) is 11.1 Å². The van der Waals surface area contributed by atoms with Crippen LogP contribution in [0.3, 0.4) is 0 Å². The van der Waals surface area contributed by atoms with Crippen LogP contribution in [-0.2, 0) is 23.2 Å². The van der Waals surface area contributed by atoms with E-state index < -0.39 is 11.4 Å². The number of fused-ring (bicyclic) bond motifs is 5. The molecule has 7 rings (SSSR count). The van der Waals surface area contributed by atoms with Crippen molar-refractivity contribution in [2.75, 3.05) is 23.8 Å². The summed E-state index contributed by atoms with van der Waals surface area (Å²) in [5.74, 6) is -0.0400. The summed E-state index contributed by atoms with van der Waals surface area (Å²) in [6.45, 7) is 0.919. The Morgan fingerprint density at radius 1 is 1.16 bits per heavy atom. The summed E-state index contributed by atoms with van der Waals surface area (Å²) in [5, 5.41) is 23.3. The number of carboxylic acid groups (broad SMARTS) is 1. The van der Waals surface area contributed by atoms with Crippen molar-refractivity contribution in [2.45, 2.75) is 45.1 Å². The minimum Gasteiger partial charge on any atom is -0.482 e. The number of aromatic nitrogens is 4. The summed E-state index contributed by atoms with van der Waals surface area (Å²) in [6.07, 6.45) is 5.75. The van der Waals surface area contributed by atoms with E-state index in [0.29, 0.717) is 60.6 Å². The summed E-state index contributed by atoms with van der Waals surface area (Å²) in [5.41, 5.74) is 2.19. The van der Waals surface area contributed by atoms with Crippen LogP contribution in [0.1, 0.15) is 54.6 Å². The molecular formula is C26H29N7O5. The summed E-state index contributed by atoms with van der Waals surface area (Å²) in [4.78, 5) is 45.2. The highest BCUT2D eigenvalue weighted by Crippen LogP contribution is 2.56. The normalized spacial score (nSPS) is 23.9. The lowest BCUT2D eigenvalue weighted by molar-refractivity contribution is -0.158. The van der Waals surface area contributed by atoms with E-state index in [1.54, 1.807) is 11.7 Å². The molecule has 3 aromatic rings. The molecule has 12 heteroatoms. The maximum Gasteiger partial charge on any atom is 0.309 e. The fourth-order valence-electron chi connectivity index (χ4n) is 6.02. The van der Waals surface area contributed by atoms with Gasteiger partial charge in [-0.1, -0.05) is 6.07 Å². The van der Waals surface area contributed by atoms with Gasteiger partial charge in [0.15, 0.2) is 18.1 Å². The van der Waals surface area contributed by atoms with Crippen LogP contribution in [0.15, 0.2) is 24.5 Å². The minimum absolute atomic E-state index is 0.00649. The fraction of sp³-hybridized carbons (Fsp3) is 0.462. The Morgan fingerprint density at radius 2 is 1.92 bits per heavy atom. The van der Waals surface area contributed by atoms with E-state index in [1.807, 2.05) is 18.2 Å². The molecule has 38 heavy (non-hydrogen) atoms. The topological polar surface area (TPSA) is 160 Å². The monoisotopic (exact) mass is 519 g/mol. The largest absolute Gasteiger partial charge is 0.482 e. The smallest absolute Gasteiger partial charge is 0.309 e. The van der Waals surface area contributed by atoms with E-state index >= 15 is 0 Å². The maximum atomic E-state index is 13.2. The molecular weight excluding hydrogens is 490 g/mol. The average molecular weight is 520 g/mol. The van der Waals surface area contributed by atoms with Gasteiger partial charge in [-0.05, 0) is 61.6 Å². The highest BCUT2D eigenvalue weighted by Gasteiger charge is 2.52. The van der Waals surface area contributed by atoms with E-state index in [9.17, 15) is 19.5 Å². The van der Waals surface area contributed by atoms with E-state index in [0.717, 1.165) is 24.8 Å². The second kappa shape index (κ2) is 8.96. The number of hydrogen-bond acceptors (Lipinski definition) is 8. The van der Waals surface area contributed by atoms with Gasteiger partial charge in [0.1, 0.15) is 23.1 Å². The summed E-state index contributed by atoms with van der Waals surface area (Å²) in [7, 11) is 1.74. The number of anilines is 2. The Kier molecular flexibility index (Phi) is 5.69. The number of carboxylic acids is 1. The van der Waals surface area contributed by atoms with Gasteiger partial charge in [0.25, 0.3) is 11.8 Å². The molecule has 2 bridgehead atoms. The van der Waals surface area contributed by atoms with Crippen molar-refractivity contribution in [3.8, 4) is 5.75 Å². The Balaban J connectivity index is 1.16. The van der Waals surface area contributed by atoms with Crippen LogP contribution < -0.4 is 20.7 Å². The number of carbonyl (C=O) groups is 3. The zero-order valence-corrected chi connectivity index (χ0v) is 21.0. The fourth-order valence-corrected chi connectivity index (χ4v) is 6.02. The first-order valence-electron chi connectivity index (χ1n) is 12.8. The maximum absolute atomic E-state index is 13.2. The average Bonchev–Trinajstić information content (AvgIpc) is 3.26. The Labute approximate surface area is 218 Å². The molecule has 0 unspecified atom stereocenters. The summed E-state index contributed by atoms with van der Waals surface area (Å²) >= 11 is 0. The first-order valence-corrected chi connectivity index (χ1v) is 12.8. The summed E-state index contributed by atoms with van der Waals surface area (Å²) in [6, 6.07) is 5.56.